The predicted molar refractivity (Wildman–Crippen MR) is 52.0 cm³/mol. The van der Waals surface area contributed by atoms with Crippen LogP contribution in [0.5, 0.6) is 0 Å². The van der Waals surface area contributed by atoms with Crippen molar-refractivity contribution in [3.8, 4) is 11.8 Å². The fraction of sp³-hybridized carbons (Fsp3) is 0.700. The van der Waals surface area contributed by atoms with Crippen LogP contribution in [0.1, 0.15) is 20.3 Å². The molecule has 0 spiro atoms. The molecule has 0 rings (SSSR count). The Morgan fingerprint density at radius 1 is 1.46 bits per heavy atom. The summed E-state index contributed by atoms with van der Waals surface area (Å²) >= 11 is 0. The fourth-order valence-corrected chi connectivity index (χ4v) is 0.837. The molecule has 0 aromatic heterocycles. The van der Waals surface area contributed by atoms with E-state index in [1.165, 1.54) is 0 Å². The van der Waals surface area contributed by atoms with Gasteiger partial charge < -0.3 is 10.0 Å². The minimum Gasteiger partial charge on any atom is -0.395 e. The largest absolute Gasteiger partial charge is 0.395 e. The van der Waals surface area contributed by atoms with Crippen LogP contribution in [0.25, 0.3) is 0 Å². The second-order valence-electron chi connectivity index (χ2n) is 3.18. The van der Waals surface area contributed by atoms with Crippen molar-refractivity contribution in [3.63, 3.8) is 0 Å². The van der Waals surface area contributed by atoms with Gasteiger partial charge in [0.25, 0.3) is 0 Å². The topological polar surface area (TPSA) is 40.5 Å². The molecule has 0 unspecified atom stereocenters. The highest BCUT2D eigenvalue weighted by Gasteiger charge is 2.10. The summed E-state index contributed by atoms with van der Waals surface area (Å²) in [6.07, 6.45) is 0.476. The maximum atomic E-state index is 11.3. The molecule has 0 aliphatic rings. The number of nitrogens with zero attached hydrogens (tertiary/aromatic N) is 1. The summed E-state index contributed by atoms with van der Waals surface area (Å²) in [6.45, 7) is 4.24. The van der Waals surface area contributed by atoms with Crippen molar-refractivity contribution in [1.29, 1.82) is 0 Å². The van der Waals surface area contributed by atoms with Crippen LogP contribution in [0.3, 0.4) is 0 Å². The molecule has 0 aromatic rings. The van der Waals surface area contributed by atoms with E-state index in [4.69, 9.17) is 5.11 Å². The van der Waals surface area contributed by atoms with Gasteiger partial charge in [0, 0.05) is 19.4 Å². The van der Waals surface area contributed by atoms with Crippen molar-refractivity contribution in [2.24, 2.45) is 5.92 Å². The van der Waals surface area contributed by atoms with Crippen LogP contribution in [0, 0.1) is 17.8 Å². The van der Waals surface area contributed by atoms with Crippen LogP contribution in [-0.4, -0.2) is 36.1 Å². The molecule has 1 amide bonds. The molecule has 0 bridgehead atoms. The van der Waals surface area contributed by atoms with Crippen molar-refractivity contribution in [3.05, 3.63) is 0 Å². The molecule has 13 heavy (non-hydrogen) atoms. The highest BCUT2D eigenvalue weighted by molar-refractivity contribution is 5.78. The Morgan fingerprint density at radius 2 is 2.08 bits per heavy atom. The first-order chi connectivity index (χ1) is 6.09. The number of aliphatic hydroxyl groups excluding tert-OH is 1. The molecule has 0 atom stereocenters. The molecule has 3 nitrogen and oxygen atoms in total. The maximum Gasteiger partial charge on any atom is 0.225 e. The number of aliphatic hydroxyl groups is 1. The van der Waals surface area contributed by atoms with Gasteiger partial charge in [0.05, 0.1) is 13.2 Å². The van der Waals surface area contributed by atoms with Gasteiger partial charge in [0.2, 0.25) is 5.91 Å². The SMILES string of the molecule is CC(C)C(=O)N(C)CC#CCCO. The molecule has 0 saturated carbocycles. The predicted octanol–water partition coefficient (Wildman–Crippen LogP) is 0.487. The first-order valence-electron chi connectivity index (χ1n) is 4.41. The number of hydrogen-bond acceptors (Lipinski definition) is 2. The van der Waals surface area contributed by atoms with E-state index in [-0.39, 0.29) is 18.4 Å². The number of carbonyl (C=O) groups is 1. The lowest BCUT2D eigenvalue weighted by atomic mass is 10.2. The van der Waals surface area contributed by atoms with Gasteiger partial charge in [0.15, 0.2) is 0 Å². The van der Waals surface area contributed by atoms with E-state index < -0.39 is 0 Å². The smallest absolute Gasteiger partial charge is 0.225 e. The van der Waals surface area contributed by atoms with Gasteiger partial charge in [-0.05, 0) is 0 Å². The monoisotopic (exact) mass is 183 g/mol. The Labute approximate surface area is 79.7 Å². The van der Waals surface area contributed by atoms with Crippen LogP contribution < -0.4 is 0 Å². The Kier molecular flexibility index (Phi) is 5.99. The number of rotatable bonds is 3. The quantitative estimate of drug-likeness (QED) is 0.647. The molecule has 3 heteroatoms. The van der Waals surface area contributed by atoms with Crippen LogP contribution in [0.2, 0.25) is 0 Å². The summed E-state index contributed by atoms with van der Waals surface area (Å²) in [4.78, 5) is 12.9. The lowest BCUT2D eigenvalue weighted by Crippen LogP contribution is -2.30. The molecule has 0 fully saturated rings. The summed E-state index contributed by atoms with van der Waals surface area (Å²) in [5, 5.41) is 8.45. The summed E-state index contributed by atoms with van der Waals surface area (Å²) in [5.41, 5.74) is 0. The molecular weight excluding hydrogens is 166 g/mol. The lowest BCUT2D eigenvalue weighted by Gasteiger charge is -2.15. The summed E-state index contributed by atoms with van der Waals surface area (Å²) in [7, 11) is 1.73. The average Bonchev–Trinajstić information content (AvgIpc) is 2.10. The zero-order valence-corrected chi connectivity index (χ0v) is 8.50. The molecular formula is C10H17NO2. The fourth-order valence-electron chi connectivity index (χ4n) is 0.837. The normalized spacial score (nSPS) is 9.31. The molecule has 0 heterocycles. The number of amides is 1. The van der Waals surface area contributed by atoms with E-state index in [9.17, 15) is 4.79 Å². The summed E-state index contributed by atoms with van der Waals surface area (Å²) in [6, 6.07) is 0. The van der Waals surface area contributed by atoms with Crippen molar-refractivity contribution >= 4 is 5.91 Å². The zero-order valence-electron chi connectivity index (χ0n) is 8.50. The molecule has 1 N–H and O–H groups in total. The molecule has 0 aromatic carbocycles. The van der Waals surface area contributed by atoms with Crippen LogP contribution >= 0.6 is 0 Å². The number of hydrogen-bond donors (Lipinski definition) is 1. The molecule has 0 aliphatic carbocycles. The van der Waals surface area contributed by atoms with Gasteiger partial charge >= 0.3 is 0 Å². The third-order valence-corrected chi connectivity index (χ3v) is 1.55. The van der Waals surface area contributed by atoms with Crippen molar-refractivity contribution < 1.29 is 9.90 Å². The van der Waals surface area contributed by atoms with E-state index >= 15 is 0 Å². The molecule has 0 saturated heterocycles. The van der Waals surface area contributed by atoms with E-state index in [1.807, 2.05) is 13.8 Å². The average molecular weight is 183 g/mol. The minimum atomic E-state index is 0.0182. The lowest BCUT2D eigenvalue weighted by molar-refractivity contribution is -0.132. The summed E-state index contributed by atoms with van der Waals surface area (Å²) in [5.74, 6) is 5.70. The Morgan fingerprint density at radius 3 is 2.54 bits per heavy atom. The van der Waals surface area contributed by atoms with Crippen LogP contribution in [-0.2, 0) is 4.79 Å². The second-order valence-corrected chi connectivity index (χ2v) is 3.18. The molecule has 74 valence electrons. The third kappa shape index (κ3) is 5.26. The maximum absolute atomic E-state index is 11.3. The Balaban J connectivity index is 3.82. The second kappa shape index (κ2) is 6.50. The first-order valence-corrected chi connectivity index (χ1v) is 4.41. The third-order valence-electron chi connectivity index (χ3n) is 1.55. The first kappa shape index (κ1) is 12.0. The molecule has 0 aliphatic heterocycles. The van der Waals surface area contributed by atoms with Gasteiger partial charge in [0.1, 0.15) is 0 Å². The van der Waals surface area contributed by atoms with Crippen molar-refractivity contribution in [2.45, 2.75) is 20.3 Å². The highest BCUT2D eigenvalue weighted by Crippen LogP contribution is 1.97. The van der Waals surface area contributed by atoms with Crippen LogP contribution in [0.4, 0.5) is 0 Å². The standard InChI is InChI=1S/C10H17NO2/c1-9(2)10(13)11(3)7-5-4-6-8-12/h9,12H,6-8H2,1-3H3. The number of carbonyl (C=O) groups excluding carboxylic acids is 1. The van der Waals surface area contributed by atoms with Gasteiger partial charge in [-0.15, -0.1) is 0 Å². The Bertz CT molecular complexity index is 213. The zero-order chi connectivity index (χ0) is 10.3. The molecule has 0 radical (unpaired) electrons. The van der Waals surface area contributed by atoms with E-state index in [0.29, 0.717) is 13.0 Å². The minimum absolute atomic E-state index is 0.0182. The van der Waals surface area contributed by atoms with Crippen molar-refractivity contribution in [2.75, 3.05) is 20.2 Å². The van der Waals surface area contributed by atoms with Gasteiger partial charge in [-0.3, -0.25) is 4.79 Å². The Hall–Kier alpha value is -1.01. The van der Waals surface area contributed by atoms with Gasteiger partial charge in [-0.2, -0.15) is 0 Å². The van der Waals surface area contributed by atoms with Gasteiger partial charge in [-0.25, -0.2) is 0 Å². The van der Waals surface area contributed by atoms with E-state index in [0.717, 1.165) is 0 Å². The highest BCUT2D eigenvalue weighted by atomic mass is 16.2. The van der Waals surface area contributed by atoms with E-state index in [1.54, 1.807) is 11.9 Å². The van der Waals surface area contributed by atoms with E-state index in [2.05, 4.69) is 11.8 Å². The van der Waals surface area contributed by atoms with Crippen molar-refractivity contribution in [1.82, 2.24) is 4.90 Å². The van der Waals surface area contributed by atoms with Crippen LogP contribution in [0.15, 0.2) is 0 Å². The van der Waals surface area contributed by atoms with Gasteiger partial charge in [-0.1, -0.05) is 25.7 Å². The summed E-state index contributed by atoms with van der Waals surface area (Å²) < 4.78 is 0.